The third-order valence-corrected chi connectivity index (χ3v) is 4.78. The molecule has 0 unspecified atom stereocenters. The number of carbonyl (C=O) groups is 2. The normalized spacial score (nSPS) is 19.6. The van der Waals surface area contributed by atoms with Crippen LogP contribution in [0.5, 0.6) is 0 Å². The molecule has 28 heavy (non-hydrogen) atoms. The number of hydrogen-bond acceptors (Lipinski definition) is 4. The first-order chi connectivity index (χ1) is 13.7. The average molecular weight is 378 g/mol. The minimum Gasteiger partial charge on any atom is -0.355 e. The lowest BCUT2D eigenvalue weighted by Crippen LogP contribution is -2.43. The predicted molar refractivity (Wildman–Crippen MR) is 110 cm³/mol. The van der Waals surface area contributed by atoms with Gasteiger partial charge in [0.05, 0.1) is 6.04 Å². The van der Waals surface area contributed by atoms with Crippen molar-refractivity contribution in [2.45, 2.75) is 25.4 Å². The van der Waals surface area contributed by atoms with Crippen LogP contribution < -0.4 is 10.6 Å². The van der Waals surface area contributed by atoms with Crippen molar-refractivity contribution in [2.24, 2.45) is 0 Å². The van der Waals surface area contributed by atoms with Crippen LogP contribution in [0.3, 0.4) is 0 Å². The van der Waals surface area contributed by atoms with E-state index in [1.807, 2.05) is 37.3 Å². The van der Waals surface area contributed by atoms with Gasteiger partial charge in [0, 0.05) is 43.6 Å². The van der Waals surface area contributed by atoms with Crippen LogP contribution in [0, 0.1) is 0 Å². The molecule has 0 spiro atoms. The molecule has 0 bridgehead atoms. The van der Waals surface area contributed by atoms with E-state index in [0.29, 0.717) is 31.6 Å². The molecule has 1 aromatic heterocycles. The number of aromatic nitrogens is 1. The number of carbonyl (C=O) groups excluding carboxylic acids is 2. The van der Waals surface area contributed by atoms with Crippen molar-refractivity contribution >= 4 is 17.9 Å². The Morgan fingerprint density at radius 3 is 2.64 bits per heavy atom. The van der Waals surface area contributed by atoms with Crippen LogP contribution in [0.1, 0.15) is 29.3 Å². The Hall–Kier alpha value is -2.99. The highest BCUT2D eigenvalue weighted by Gasteiger charge is 2.36. The number of nitrogens with one attached hydrogen (secondary N) is 2. The predicted octanol–water partition coefficient (Wildman–Crippen LogP) is 2.10. The second kappa shape index (κ2) is 9.80. The monoisotopic (exact) mass is 378 g/mol. The van der Waals surface area contributed by atoms with E-state index in [1.54, 1.807) is 24.5 Å². The summed E-state index contributed by atoms with van der Waals surface area (Å²) in [7, 11) is 0. The van der Waals surface area contributed by atoms with Crippen LogP contribution >= 0.6 is 0 Å². The van der Waals surface area contributed by atoms with Crippen molar-refractivity contribution in [1.29, 1.82) is 0 Å². The Balaban J connectivity index is 1.64. The van der Waals surface area contributed by atoms with Crippen molar-refractivity contribution in [1.82, 2.24) is 20.5 Å². The molecule has 2 N–H and O–H groups in total. The van der Waals surface area contributed by atoms with E-state index in [1.165, 1.54) is 0 Å². The molecule has 6 heteroatoms. The number of likely N-dealkylation sites (tertiary alicyclic amines) is 1. The number of nitrogens with zero attached hydrogens (tertiary/aromatic N) is 2. The summed E-state index contributed by atoms with van der Waals surface area (Å²) in [5, 5.41) is 5.95. The van der Waals surface area contributed by atoms with Crippen LogP contribution in [-0.4, -0.2) is 53.4 Å². The molecule has 2 amide bonds. The van der Waals surface area contributed by atoms with Gasteiger partial charge < -0.3 is 10.6 Å². The molecule has 1 aromatic carbocycles. The zero-order chi connectivity index (χ0) is 19.8. The van der Waals surface area contributed by atoms with E-state index in [4.69, 9.17) is 0 Å². The summed E-state index contributed by atoms with van der Waals surface area (Å²) < 4.78 is 0. The number of hydrogen-bond donors (Lipinski definition) is 2. The first kappa shape index (κ1) is 19.8. The van der Waals surface area contributed by atoms with E-state index >= 15 is 0 Å². The molecule has 0 aliphatic carbocycles. The first-order valence-electron chi connectivity index (χ1n) is 9.61. The topological polar surface area (TPSA) is 74.3 Å². The van der Waals surface area contributed by atoms with Gasteiger partial charge in [-0.3, -0.25) is 19.5 Å². The average Bonchev–Trinajstić information content (AvgIpc) is 3.12. The molecule has 2 heterocycles. The molecule has 6 nitrogen and oxygen atoms in total. The van der Waals surface area contributed by atoms with E-state index in [0.717, 1.165) is 5.56 Å². The molecule has 1 saturated heterocycles. The summed E-state index contributed by atoms with van der Waals surface area (Å²) in [6.45, 7) is 3.79. The van der Waals surface area contributed by atoms with Crippen LogP contribution in [-0.2, 0) is 4.79 Å². The summed E-state index contributed by atoms with van der Waals surface area (Å²) in [5.74, 6) is -0.125. The van der Waals surface area contributed by atoms with Gasteiger partial charge in [0.1, 0.15) is 0 Å². The van der Waals surface area contributed by atoms with Gasteiger partial charge in [-0.2, -0.15) is 0 Å². The summed E-state index contributed by atoms with van der Waals surface area (Å²) in [6, 6.07) is 13.1. The fourth-order valence-corrected chi connectivity index (χ4v) is 3.44. The van der Waals surface area contributed by atoms with Crippen LogP contribution in [0.4, 0.5) is 0 Å². The Morgan fingerprint density at radius 1 is 1.18 bits per heavy atom. The van der Waals surface area contributed by atoms with Crippen molar-refractivity contribution in [3.63, 3.8) is 0 Å². The van der Waals surface area contributed by atoms with Crippen LogP contribution in [0.25, 0.3) is 6.08 Å². The molecular weight excluding hydrogens is 352 g/mol. The Bertz CT molecular complexity index is 808. The molecule has 3 rings (SSSR count). The molecule has 0 radical (unpaired) electrons. The zero-order valence-electron chi connectivity index (χ0n) is 16.0. The van der Waals surface area contributed by atoms with Crippen LogP contribution in [0.2, 0.25) is 0 Å². The van der Waals surface area contributed by atoms with Gasteiger partial charge in [0.25, 0.3) is 5.91 Å². The Morgan fingerprint density at radius 2 is 1.93 bits per heavy atom. The highest BCUT2D eigenvalue weighted by Crippen LogP contribution is 2.19. The minimum atomic E-state index is -0.247. The second-order valence-corrected chi connectivity index (χ2v) is 6.82. The maximum atomic E-state index is 12.5. The van der Waals surface area contributed by atoms with Gasteiger partial charge in [-0.15, -0.1) is 0 Å². The third-order valence-electron chi connectivity index (χ3n) is 4.78. The van der Waals surface area contributed by atoms with Crippen molar-refractivity contribution < 1.29 is 9.59 Å². The van der Waals surface area contributed by atoms with Crippen molar-refractivity contribution in [2.75, 3.05) is 19.6 Å². The molecule has 1 aliphatic rings. The summed E-state index contributed by atoms with van der Waals surface area (Å²) >= 11 is 0. The quantitative estimate of drug-likeness (QED) is 0.774. The fraction of sp³-hybridized carbons (Fsp3) is 0.318. The number of pyridine rings is 1. The van der Waals surface area contributed by atoms with Gasteiger partial charge in [0.2, 0.25) is 5.91 Å². The molecule has 0 saturated carbocycles. The smallest absolute Gasteiger partial charge is 0.251 e. The summed E-state index contributed by atoms with van der Waals surface area (Å²) in [6.07, 6.45) is 7.91. The van der Waals surface area contributed by atoms with Gasteiger partial charge in [-0.05, 0) is 31.0 Å². The van der Waals surface area contributed by atoms with Gasteiger partial charge >= 0.3 is 0 Å². The van der Waals surface area contributed by atoms with Crippen LogP contribution in [0.15, 0.2) is 60.9 Å². The zero-order valence-corrected chi connectivity index (χ0v) is 16.0. The minimum absolute atomic E-state index is 0.0104. The SMILES string of the molecule is CCNC(=O)[C@@H]1C[C@@H](NC(=O)c2ccncc2)CN1C/C=C/c1ccccc1. The number of rotatable bonds is 7. The molecule has 1 aliphatic heterocycles. The van der Waals surface area contributed by atoms with E-state index in [9.17, 15) is 9.59 Å². The molecule has 146 valence electrons. The molecule has 1 fully saturated rings. The largest absolute Gasteiger partial charge is 0.355 e. The number of benzene rings is 1. The number of amides is 2. The lowest BCUT2D eigenvalue weighted by atomic mass is 10.1. The first-order valence-corrected chi connectivity index (χ1v) is 9.61. The maximum Gasteiger partial charge on any atom is 0.251 e. The summed E-state index contributed by atoms with van der Waals surface area (Å²) in [5.41, 5.74) is 1.70. The Kier molecular flexibility index (Phi) is 6.92. The lowest BCUT2D eigenvalue weighted by molar-refractivity contribution is -0.125. The maximum absolute atomic E-state index is 12.5. The highest BCUT2D eigenvalue weighted by atomic mass is 16.2. The number of likely N-dealkylation sites (N-methyl/N-ethyl adjacent to an activating group) is 1. The molecule has 2 atom stereocenters. The van der Waals surface area contributed by atoms with Gasteiger partial charge in [-0.25, -0.2) is 0 Å². The third kappa shape index (κ3) is 5.27. The van der Waals surface area contributed by atoms with Gasteiger partial charge in [-0.1, -0.05) is 42.5 Å². The van der Waals surface area contributed by atoms with Crippen molar-refractivity contribution in [3.05, 3.63) is 72.1 Å². The second-order valence-electron chi connectivity index (χ2n) is 6.82. The standard InChI is InChI=1S/C22H26N4O2/c1-2-24-22(28)20-15-19(25-21(27)18-10-12-23-13-11-18)16-26(20)14-6-9-17-7-4-3-5-8-17/h3-13,19-20H,2,14-16H2,1H3,(H,24,28)(H,25,27)/b9-6+/t19-,20+/m1/s1. The molecule has 2 aromatic rings. The van der Waals surface area contributed by atoms with E-state index < -0.39 is 0 Å². The fourth-order valence-electron chi connectivity index (χ4n) is 3.44. The van der Waals surface area contributed by atoms with Gasteiger partial charge in [0.15, 0.2) is 0 Å². The lowest BCUT2D eigenvalue weighted by Gasteiger charge is -2.21. The van der Waals surface area contributed by atoms with E-state index in [2.05, 4.69) is 32.7 Å². The van der Waals surface area contributed by atoms with Crippen molar-refractivity contribution in [3.8, 4) is 0 Å². The highest BCUT2D eigenvalue weighted by molar-refractivity contribution is 5.94. The molecular formula is C22H26N4O2. The summed E-state index contributed by atoms with van der Waals surface area (Å²) in [4.78, 5) is 31.0. The van der Waals surface area contributed by atoms with E-state index in [-0.39, 0.29) is 23.9 Å². The Labute approximate surface area is 165 Å².